The normalized spacial score (nSPS) is 29.1. The number of rotatable bonds is 4. The van der Waals surface area contributed by atoms with Gasteiger partial charge in [-0.1, -0.05) is 13.8 Å². The fraction of sp³-hybridized carbons (Fsp3) is 1.00. The first-order valence-electron chi connectivity index (χ1n) is 6.66. The van der Waals surface area contributed by atoms with Crippen molar-refractivity contribution in [2.75, 3.05) is 26.3 Å². The summed E-state index contributed by atoms with van der Waals surface area (Å²) in [6.07, 6.45) is 4.91. The lowest BCUT2D eigenvalue weighted by molar-refractivity contribution is -0.0235. The molecule has 0 saturated carbocycles. The molecular formula is C13H25NO2. The van der Waals surface area contributed by atoms with Gasteiger partial charge < -0.3 is 14.8 Å². The molecule has 1 unspecified atom stereocenters. The number of ether oxygens (including phenoxy) is 2. The molecular weight excluding hydrogens is 202 g/mol. The summed E-state index contributed by atoms with van der Waals surface area (Å²) in [7, 11) is 0. The minimum absolute atomic E-state index is 0.147. The van der Waals surface area contributed by atoms with Gasteiger partial charge in [0.1, 0.15) is 0 Å². The maximum Gasteiger partial charge on any atom is 0.0836 e. The van der Waals surface area contributed by atoms with Gasteiger partial charge in [0.15, 0.2) is 0 Å². The van der Waals surface area contributed by atoms with Gasteiger partial charge in [0.25, 0.3) is 0 Å². The van der Waals surface area contributed by atoms with Gasteiger partial charge in [-0.2, -0.15) is 0 Å². The van der Waals surface area contributed by atoms with Crippen molar-refractivity contribution in [3.63, 3.8) is 0 Å². The van der Waals surface area contributed by atoms with Crippen LogP contribution in [-0.4, -0.2) is 38.0 Å². The predicted octanol–water partition coefficient (Wildman–Crippen LogP) is 1.96. The number of nitrogens with one attached hydrogen (secondary N) is 1. The van der Waals surface area contributed by atoms with Crippen LogP contribution in [0.5, 0.6) is 0 Å². The molecule has 2 rings (SSSR count). The minimum Gasteiger partial charge on any atom is -0.376 e. The van der Waals surface area contributed by atoms with Crippen LogP contribution in [0.2, 0.25) is 0 Å². The zero-order valence-corrected chi connectivity index (χ0v) is 10.6. The Bertz CT molecular complexity index is 212. The van der Waals surface area contributed by atoms with Gasteiger partial charge in [0.2, 0.25) is 0 Å². The monoisotopic (exact) mass is 227 g/mol. The molecule has 3 nitrogen and oxygen atoms in total. The van der Waals surface area contributed by atoms with Crippen molar-refractivity contribution < 1.29 is 9.47 Å². The van der Waals surface area contributed by atoms with Gasteiger partial charge in [0.05, 0.1) is 18.3 Å². The molecule has 0 aromatic heterocycles. The molecule has 2 heterocycles. The average molecular weight is 227 g/mol. The largest absolute Gasteiger partial charge is 0.376 e. The second-order valence-electron chi connectivity index (χ2n) is 5.62. The van der Waals surface area contributed by atoms with Crippen LogP contribution in [0.4, 0.5) is 0 Å². The Kier molecular flexibility index (Phi) is 4.22. The second-order valence-corrected chi connectivity index (χ2v) is 5.62. The molecule has 0 aliphatic carbocycles. The van der Waals surface area contributed by atoms with Gasteiger partial charge in [-0.05, 0) is 38.3 Å². The van der Waals surface area contributed by atoms with E-state index >= 15 is 0 Å². The highest BCUT2D eigenvalue weighted by molar-refractivity contribution is 4.93. The lowest BCUT2D eigenvalue weighted by atomic mass is 9.89. The fourth-order valence-electron chi connectivity index (χ4n) is 2.61. The van der Waals surface area contributed by atoms with E-state index in [1.165, 1.54) is 0 Å². The molecule has 2 fully saturated rings. The Morgan fingerprint density at radius 3 is 2.81 bits per heavy atom. The molecule has 2 aliphatic heterocycles. The molecule has 0 amide bonds. The fourth-order valence-corrected chi connectivity index (χ4v) is 2.61. The van der Waals surface area contributed by atoms with E-state index in [-0.39, 0.29) is 5.60 Å². The third-order valence-corrected chi connectivity index (χ3v) is 3.74. The highest BCUT2D eigenvalue weighted by Crippen LogP contribution is 2.35. The SMILES string of the molecule is CC(C)CCOC1COC2(CCNCC2)C1. The Morgan fingerprint density at radius 2 is 2.12 bits per heavy atom. The molecule has 94 valence electrons. The molecule has 1 spiro atoms. The van der Waals surface area contributed by atoms with Crippen molar-refractivity contribution in [1.82, 2.24) is 5.32 Å². The van der Waals surface area contributed by atoms with Crippen molar-refractivity contribution in [1.29, 1.82) is 0 Å². The minimum atomic E-state index is 0.147. The van der Waals surface area contributed by atoms with Crippen molar-refractivity contribution >= 4 is 0 Å². The lowest BCUT2D eigenvalue weighted by Crippen LogP contribution is -2.41. The molecule has 3 heteroatoms. The highest BCUT2D eigenvalue weighted by atomic mass is 16.6. The number of piperidine rings is 1. The van der Waals surface area contributed by atoms with E-state index in [9.17, 15) is 0 Å². The first-order chi connectivity index (χ1) is 7.70. The third kappa shape index (κ3) is 3.19. The van der Waals surface area contributed by atoms with Gasteiger partial charge >= 0.3 is 0 Å². The van der Waals surface area contributed by atoms with E-state index in [1.54, 1.807) is 0 Å². The summed E-state index contributed by atoms with van der Waals surface area (Å²) in [4.78, 5) is 0. The molecule has 1 atom stereocenters. The van der Waals surface area contributed by atoms with Gasteiger partial charge in [0, 0.05) is 13.0 Å². The van der Waals surface area contributed by atoms with Crippen molar-refractivity contribution in [3.8, 4) is 0 Å². The number of hydrogen-bond acceptors (Lipinski definition) is 3. The Hall–Kier alpha value is -0.120. The van der Waals surface area contributed by atoms with Crippen molar-refractivity contribution in [2.24, 2.45) is 5.92 Å². The van der Waals surface area contributed by atoms with Gasteiger partial charge in [-0.25, -0.2) is 0 Å². The molecule has 2 saturated heterocycles. The summed E-state index contributed by atoms with van der Waals surface area (Å²) < 4.78 is 11.9. The van der Waals surface area contributed by atoms with E-state index in [0.717, 1.165) is 57.9 Å². The van der Waals surface area contributed by atoms with Crippen LogP contribution in [-0.2, 0) is 9.47 Å². The van der Waals surface area contributed by atoms with Crippen molar-refractivity contribution in [2.45, 2.75) is 51.2 Å². The standard InChI is InChI=1S/C13H25NO2/c1-11(2)3-8-15-12-9-13(16-10-12)4-6-14-7-5-13/h11-12,14H,3-10H2,1-2H3. The first kappa shape index (κ1) is 12.3. The molecule has 1 N–H and O–H groups in total. The summed E-state index contributed by atoms with van der Waals surface area (Å²) >= 11 is 0. The predicted molar refractivity (Wildman–Crippen MR) is 64.6 cm³/mol. The molecule has 0 radical (unpaired) electrons. The molecule has 2 aliphatic rings. The van der Waals surface area contributed by atoms with Crippen LogP contribution in [0.15, 0.2) is 0 Å². The second kappa shape index (κ2) is 5.48. The van der Waals surface area contributed by atoms with Gasteiger partial charge in [-0.3, -0.25) is 0 Å². The van der Waals surface area contributed by atoms with Gasteiger partial charge in [-0.15, -0.1) is 0 Å². The molecule has 16 heavy (non-hydrogen) atoms. The maximum absolute atomic E-state index is 5.99. The Labute approximate surface area is 98.9 Å². The maximum atomic E-state index is 5.99. The highest BCUT2D eigenvalue weighted by Gasteiger charge is 2.41. The van der Waals surface area contributed by atoms with E-state index < -0.39 is 0 Å². The summed E-state index contributed by atoms with van der Waals surface area (Å²) in [5, 5.41) is 3.39. The summed E-state index contributed by atoms with van der Waals surface area (Å²) in [6.45, 7) is 8.36. The third-order valence-electron chi connectivity index (χ3n) is 3.74. The van der Waals surface area contributed by atoms with Crippen LogP contribution in [0.1, 0.15) is 39.5 Å². The lowest BCUT2D eigenvalue weighted by Gasteiger charge is -2.32. The summed E-state index contributed by atoms with van der Waals surface area (Å²) in [5.74, 6) is 0.732. The number of hydrogen-bond donors (Lipinski definition) is 1. The topological polar surface area (TPSA) is 30.5 Å². The zero-order valence-electron chi connectivity index (χ0n) is 10.6. The summed E-state index contributed by atoms with van der Waals surface area (Å²) in [5.41, 5.74) is 0.147. The zero-order chi connectivity index (χ0) is 11.4. The Morgan fingerprint density at radius 1 is 1.38 bits per heavy atom. The average Bonchev–Trinajstić information content (AvgIpc) is 2.62. The smallest absolute Gasteiger partial charge is 0.0836 e. The first-order valence-corrected chi connectivity index (χ1v) is 6.66. The van der Waals surface area contributed by atoms with E-state index in [4.69, 9.17) is 9.47 Å². The van der Waals surface area contributed by atoms with Crippen LogP contribution in [0, 0.1) is 5.92 Å². The van der Waals surface area contributed by atoms with Crippen LogP contribution in [0.25, 0.3) is 0 Å². The Balaban J connectivity index is 1.70. The van der Waals surface area contributed by atoms with Crippen molar-refractivity contribution in [3.05, 3.63) is 0 Å². The quantitative estimate of drug-likeness (QED) is 0.796. The molecule has 0 bridgehead atoms. The molecule has 0 aromatic carbocycles. The van der Waals surface area contributed by atoms with E-state index in [2.05, 4.69) is 19.2 Å². The van der Waals surface area contributed by atoms with E-state index in [1.807, 2.05) is 0 Å². The van der Waals surface area contributed by atoms with Crippen LogP contribution >= 0.6 is 0 Å². The van der Waals surface area contributed by atoms with Crippen LogP contribution in [0.3, 0.4) is 0 Å². The van der Waals surface area contributed by atoms with Crippen LogP contribution < -0.4 is 5.32 Å². The summed E-state index contributed by atoms with van der Waals surface area (Å²) in [6, 6.07) is 0. The molecule has 0 aromatic rings. The van der Waals surface area contributed by atoms with E-state index in [0.29, 0.717) is 6.10 Å².